The SMILES string of the molecule is FC(F)(F)c1ccc(Oc2ccccc2)c(-c2ccc(C3CC3)nc2)c1. The Labute approximate surface area is 149 Å². The van der Waals surface area contributed by atoms with E-state index in [0.29, 0.717) is 28.5 Å². The van der Waals surface area contributed by atoms with Crippen LogP contribution in [0.2, 0.25) is 0 Å². The molecule has 3 aromatic rings. The molecule has 1 aliphatic carbocycles. The number of halogens is 3. The van der Waals surface area contributed by atoms with Crippen LogP contribution >= 0.6 is 0 Å². The summed E-state index contributed by atoms with van der Waals surface area (Å²) in [7, 11) is 0. The summed E-state index contributed by atoms with van der Waals surface area (Å²) >= 11 is 0. The van der Waals surface area contributed by atoms with Gasteiger partial charge in [-0.15, -0.1) is 0 Å². The Bertz CT molecular complexity index is 901. The number of nitrogens with zero attached hydrogens (tertiary/aromatic N) is 1. The summed E-state index contributed by atoms with van der Waals surface area (Å²) in [6.45, 7) is 0. The molecule has 1 aliphatic rings. The lowest BCUT2D eigenvalue weighted by molar-refractivity contribution is -0.137. The van der Waals surface area contributed by atoms with Gasteiger partial charge >= 0.3 is 6.18 Å². The van der Waals surface area contributed by atoms with Gasteiger partial charge in [-0.3, -0.25) is 4.98 Å². The average molecular weight is 355 g/mol. The third-order valence-electron chi connectivity index (χ3n) is 4.37. The molecule has 2 aromatic carbocycles. The van der Waals surface area contributed by atoms with Crippen LogP contribution in [0.5, 0.6) is 11.5 Å². The Kier molecular flexibility index (Phi) is 4.15. The predicted molar refractivity (Wildman–Crippen MR) is 93.2 cm³/mol. The van der Waals surface area contributed by atoms with E-state index in [4.69, 9.17) is 4.74 Å². The highest BCUT2D eigenvalue weighted by atomic mass is 19.4. The number of hydrogen-bond acceptors (Lipinski definition) is 2. The first-order chi connectivity index (χ1) is 12.5. The van der Waals surface area contributed by atoms with Crippen molar-refractivity contribution in [2.75, 3.05) is 0 Å². The highest BCUT2D eigenvalue weighted by molar-refractivity contribution is 5.71. The Morgan fingerprint density at radius 1 is 0.923 bits per heavy atom. The normalized spacial score (nSPS) is 14.3. The van der Waals surface area contributed by atoms with Gasteiger partial charge in [0.1, 0.15) is 11.5 Å². The third-order valence-corrected chi connectivity index (χ3v) is 4.37. The van der Waals surface area contributed by atoms with Crippen molar-refractivity contribution in [3.8, 4) is 22.6 Å². The van der Waals surface area contributed by atoms with E-state index in [1.165, 1.54) is 6.07 Å². The largest absolute Gasteiger partial charge is 0.457 e. The van der Waals surface area contributed by atoms with Crippen LogP contribution in [0.3, 0.4) is 0 Å². The number of pyridine rings is 1. The summed E-state index contributed by atoms with van der Waals surface area (Å²) in [6, 6.07) is 16.2. The maximum absolute atomic E-state index is 13.2. The molecule has 0 spiro atoms. The molecule has 1 fully saturated rings. The Morgan fingerprint density at radius 2 is 1.69 bits per heavy atom. The van der Waals surface area contributed by atoms with Gasteiger partial charge in [0.2, 0.25) is 0 Å². The highest BCUT2D eigenvalue weighted by Crippen LogP contribution is 2.41. The van der Waals surface area contributed by atoms with Gasteiger partial charge in [-0.05, 0) is 49.2 Å². The van der Waals surface area contributed by atoms with Crippen LogP contribution in [-0.2, 0) is 6.18 Å². The summed E-state index contributed by atoms with van der Waals surface area (Å²) in [5.74, 6) is 1.42. The van der Waals surface area contributed by atoms with Gasteiger partial charge in [0, 0.05) is 28.9 Å². The summed E-state index contributed by atoms with van der Waals surface area (Å²) in [6.07, 6.45) is -0.543. The summed E-state index contributed by atoms with van der Waals surface area (Å²) in [5.41, 5.74) is 1.26. The van der Waals surface area contributed by atoms with Crippen molar-refractivity contribution in [2.24, 2.45) is 0 Å². The molecule has 0 amide bonds. The zero-order chi connectivity index (χ0) is 18.1. The van der Waals surface area contributed by atoms with Crippen molar-refractivity contribution in [3.05, 3.63) is 78.1 Å². The molecule has 26 heavy (non-hydrogen) atoms. The fourth-order valence-corrected chi connectivity index (χ4v) is 2.82. The minimum Gasteiger partial charge on any atom is -0.457 e. The molecular weight excluding hydrogens is 339 g/mol. The van der Waals surface area contributed by atoms with Crippen molar-refractivity contribution in [1.82, 2.24) is 4.98 Å². The van der Waals surface area contributed by atoms with Crippen molar-refractivity contribution < 1.29 is 17.9 Å². The summed E-state index contributed by atoms with van der Waals surface area (Å²) < 4.78 is 45.3. The van der Waals surface area contributed by atoms with E-state index in [0.717, 1.165) is 30.7 Å². The zero-order valence-corrected chi connectivity index (χ0v) is 13.8. The fraction of sp³-hybridized carbons (Fsp3) is 0.190. The minimum absolute atomic E-state index is 0.366. The van der Waals surface area contributed by atoms with Crippen molar-refractivity contribution in [3.63, 3.8) is 0 Å². The second kappa shape index (κ2) is 6.48. The molecule has 1 heterocycles. The zero-order valence-electron chi connectivity index (χ0n) is 13.8. The van der Waals surface area contributed by atoms with Gasteiger partial charge in [0.15, 0.2) is 0 Å². The van der Waals surface area contributed by atoms with Crippen molar-refractivity contribution in [2.45, 2.75) is 24.9 Å². The van der Waals surface area contributed by atoms with Crippen LogP contribution in [0.15, 0.2) is 66.9 Å². The van der Waals surface area contributed by atoms with Crippen molar-refractivity contribution >= 4 is 0 Å². The van der Waals surface area contributed by atoms with E-state index in [1.54, 1.807) is 18.3 Å². The summed E-state index contributed by atoms with van der Waals surface area (Å²) in [4.78, 5) is 4.42. The van der Waals surface area contributed by atoms with Gasteiger partial charge in [-0.25, -0.2) is 0 Å². The first-order valence-corrected chi connectivity index (χ1v) is 8.41. The quantitative estimate of drug-likeness (QED) is 0.537. The number of ether oxygens (including phenoxy) is 1. The Hall–Kier alpha value is -2.82. The molecule has 0 N–H and O–H groups in total. The topological polar surface area (TPSA) is 22.1 Å². The first kappa shape index (κ1) is 16.6. The lowest BCUT2D eigenvalue weighted by Gasteiger charge is -2.15. The van der Waals surface area contributed by atoms with Crippen LogP contribution in [-0.4, -0.2) is 4.98 Å². The molecule has 0 unspecified atom stereocenters. The Balaban J connectivity index is 1.75. The molecule has 132 valence electrons. The fourth-order valence-electron chi connectivity index (χ4n) is 2.82. The monoisotopic (exact) mass is 355 g/mol. The van der Waals surface area contributed by atoms with Crippen LogP contribution < -0.4 is 4.74 Å². The van der Waals surface area contributed by atoms with E-state index in [-0.39, 0.29) is 0 Å². The average Bonchev–Trinajstić information content (AvgIpc) is 3.47. The van der Waals surface area contributed by atoms with Gasteiger partial charge < -0.3 is 4.74 Å². The molecule has 0 radical (unpaired) electrons. The maximum Gasteiger partial charge on any atom is 0.416 e. The number of benzene rings is 2. The van der Waals surface area contributed by atoms with E-state index in [9.17, 15) is 13.2 Å². The lowest BCUT2D eigenvalue weighted by atomic mass is 10.0. The van der Waals surface area contributed by atoms with Gasteiger partial charge in [0.05, 0.1) is 5.56 Å². The molecule has 2 nitrogen and oxygen atoms in total. The molecular formula is C21H16F3NO. The predicted octanol–water partition coefficient (Wildman–Crippen LogP) is 6.44. The molecule has 0 bridgehead atoms. The van der Waals surface area contributed by atoms with Crippen LogP contribution in [0.4, 0.5) is 13.2 Å². The standard InChI is InChI=1S/C21H16F3NO/c22-21(23,24)16-9-11-20(26-17-4-2-1-3-5-17)18(12-16)15-8-10-19(25-13-15)14-6-7-14/h1-5,8-14H,6-7H2. The van der Waals surface area contributed by atoms with E-state index >= 15 is 0 Å². The highest BCUT2D eigenvalue weighted by Gasteiger charge is 2.31. The lowest BCUT2D eigenvalue weighted by Crippen LogP contribution is -2.05. The molecule has 4 rings (SSSR count). The van der Waals surface area contributed by atoms with E-state index in [1.807, 2.05) is 30.3 Å². The third kappa shape index (κ3) is 3.57. The number of hydrogen-bond donors (Lipinski definition) is 0. The van der Waals surface area contributed by atoms with Crippen LogP contribution in [0.25, 0.3) is 11.1 Å². The number of para-hydroxylation sites is 1. The summed E-state index contributed by atoms with van der Waals surface area (Å²) in [5, 5.41) is 0. The molecule has 0 saturated heterocycles. The second-order valence-electron chi connectivity index (χ2n) is 6.37. The molecule has 0 atom stereocenters. The smallest absolute Gasteiger partial charge is 0.416 e. The number of rotatable bonds is 4. The molecule has 0 aliphatic heterocycles. The molecule has 1 saturated carbocycles. The first-order valence-electron chi connectivity index (χ1n) is 8.41. The van der Waals surface area contributed by atoms with Crippen molar-refractivity contribution in [1.29, 1.82) is 0 Å². The minimum atomic E-state index is -4.42. The van der Waals surface area contributed by atoms with Crippen LogP contribution in [0.1, 0.15) is 30.0 Å². The maximum atomic E-state index is 13.2. The Morgan fingerprint density at radius 3 is 2.31 bits per heavy atom. The van der Waals surface area contributed by atoms with E-state index < -0.39 is 11.7 Å². The van der Waals surface area contributed by atoms with Crippen LogP contribution in [0, 0.1) is 0 Å². The van der Waals surface area contributed by atoms with Gasteiger partial charge in [-0.2, -0.15) is 13.2 Å². The number of aromatic nitrogens is 1. The number of alkyl halides is 3. The molecule has 5 heteroatoms. The molecule has 1 aromatic heterocycles. The van der Waals surface area contributed by atoms with E-state index in [2.05, 4.69) is 4.98 Å². The van der Waals surface area contributed by atoms with Gasteiger partial charge in [-0.1, -0.05) is 24.3 Å². The second-order valence-corrected chi connectivity index (χ2v) is 6.37. The van der Waals surface area contributed by atoms with Gasteiger partial charge in [0.25, 0.3) is 0 Å².